The van der Waals surface area contributed by atoms with E-state index in [1.807, 2.05) is 30.3 Å². The summed E-state index contributed by atoms with van der Waals surface area (Å²) < 4.78 is 15.6. The van der Waals surface area contributed by atoms with Crippen molar-refractivity contribution in [3.05, 3.63) is 71.9 Å². The van der Waals surface area contributed by atoms with Crippen LogP contribution >= 0.6 is 0 Å². The smallest absolute Gasteiger partial charge is 0.338 e. The van der Waals surface area contributed by atoms with Crippen LogP contribution < -0.4 is 4.74 Å². The Morgan fingerprint density at radius 3 is 2.52 bits per heavy atom. The highest BCUT2D eigenvalue weighted by molar-refractivity contribution is 5.89. The van der Waals surface area contributed by atoms with Crippen LogP contribution in [0.15, 0.2) is 65.2 Å². The molecule has 23 heavy (non-hydrogen) atoms. The van der Waals surface area contributed by atoms with E-state index in [-0.39, 0.29) is 12.6 Å². The Kier molecular flexibility index (Phi) is 4.38. The zero-order valence-electron chi connectivity index (χ0n) is 12.6. The fourth-order valence-corrected chi connectivity index (χ4v) is 2.07. The summed E-state index contributed by atoms with van der Waals surface area (Å²) in [6.07, 6.45) is 0. The third kappa shape index (κ3) is 3.58. The second-order valence-corrected chi connectivity index (χ2v) is 4.85. The zero-order chi connectivity index (χ0) is 16.1. The van der Waals surface area contributed by atoms with Crippen molar-refractivity contribution in [1.82, 2.24) is 5.16 Å². The molecule has 0 radical (unpaired) electrons. The molecule has 0 fully saturated rings. The van der Waals surface area contributed by atoms with E-state index in [1.165, 1.54) is 0 Å². The molecular formula is C18H15NO4. The van der Waals surface area contributed by atoms with Crippen molar-refractivity contribution in [1.29, 1.82) is 0 Å². The number of aromatic nitrogens is 1. The predicted octanol–water partition coefficient (Wildman–Crippen LogP) is 3.71. The molecular weight excluding hydrogens is 294 g/mol. The standard InChI is InChI=1S/C18H15NO4/c1-21-16-9-7-13(8-10-16)17-11-15(19-23-17)12-22-18(20)14-5-3-2-4-6-14/h2-11H,12H2,1H3. The Balaban J connectivity index is 1.64. The van der Waals surface area contributed by atoms with E-state index in [4.69, 9.17) is 14.0 Å². The third-order valence-corrected chi connectivity index (χ3v) is 3.29. The van der Waals surface area contributed by atoms with Gasteiger partial charge in [0.25, 0.3) is 0 Å². The largest absolute Gasteiger partial charge is 0.497 e. The molecule has 0 atom stereocenters. The second-order valence-electron chi connectivity index (χ2n) is 4.85. The van der Waals surface area contributed by atoms with Crippen molar-refractivity contribution in [3.63, 3.8) is 0 Å². The molecule has 0 spiro atoms. The summed E-state index contributed by atoms with van der Waals surface area (Å²) in [5.74, 6) is 0.989. The highest BCUT2D eigenvalue weighted by atomic mass is 16.5. The summed E-state index contributed by atoms with van der Waals surface area (Å²) in [5, 5.41) is 3.92. The van der Waals surface area contributed by atoms with E-state index in [1.54, 1.807) is 37.4 Å². The van der Waals surface area contributed by atoms with Gasteiger partial charge in [-0.2, -0.15) is 0 Å². The molecule has 2 aromatic carbocycles. The van der Waals surface area contributed by atoms with E-state index in [0.29, 0.717) is 17.0 Å². The molecule has 0 aliphatic carbocycles. The first kappa shape index (κ1) is 14.8. The lowest BCUT2D eigenvalue weighted by molar-refractivity contribution is 0.0464. The Bertz CT molecular complexity index is 778. The van der Waals surface area contributed by atoms with Gasteiger partial charge in [-0.25, -0.2) is 4.79 Å². The maximum atomic E-state index is 11.9. The van der Waals surface area contributed by atoms with Crippen molar-refractivity contribution < 1.29 is 18.8 Å². The number of carbonyl (C=O) groups is 1. The Labute approximate surface area is 133 Å². The van der Waals surface area contributed by atoms with Crippen LogP contribution in [0.2, 0.25) is 0 Å². The molecule has 0 saturated carbocycles. The first-order valence-corrected chi connectivity index (χ1v) is 7.08. The molecule has 0 amide bonds. The van der Waals surface area contributed by atoms with Crippen LogP contribution in [0.25, 0.3) is 11.3 Å². The minimum atomic E-state index is -0.389. The van der Waals surface area contributed by atoms with Crippen molar-refractivity contribution in [2.75, 3.05) is 7.11 Å². The number of ether oxygens (including phenoxy) is 2. The maximum absolute atomic E-state index is 11.9. The summed E-state index contributed by atoms with van der Waals surface area (Å²) in [4.78, 5) is 11.9. The molecule has 1 aromatic heterocycles. The zero-order valence-corrected chi connectivity index (χ0v) is 12.6. The van der Waals surface area contributed by atoms with Gasteiger partial charge in [-0.1, -0.05) is 23.4 Å². The van der Waals surface area contributed by atoms with Gasteiger partial charge in [0.2, 0.25) is 0 Å². The predicted molar refractivity (Wildman–Crippen MR) is 84.1 cm³/mol. The average Bonchev–Trinajstić information content (AvgIpc) is 3.09. The monoisotopic (exact) mass is 309 g/mol. The first-order valence-electron chi connectivity index (χ1n) is 7.08. The maximum Gasteiger partial charge on any atom is 0.338 e. The fourth-order valence-electron chi connectivity index (χ4n) is 2.07. The Morgan fingerprint density at radius 2 is 1.83 bits per heavy atom. The van der Waals surface area contributed by atoms with E-state index >= 15 is 0 Å². The average molecular weight is 309 g/mol. The van der Waals surface area contributed by atoms with Gasteiger partial charge in [0.1, 0.15) is 18.1 Å². The lowest BCUT2D eigenvalue weighted by atomic mass is 10.1. The van der Waals surface area contributed by atoms with E-state index in [2.05, 4.69) is 5.16 Å². The van der Waals surface area contributed by atoms with E-state index in [9.17, 15) is 4.79 Å². The summed E-state index contributed by atoms with van der Waals surface area (Å²) in [6, 6.07) is 18.0. The number of hydrogen-bond acceptors (Lipinski definition) is 5. The minimum Gasteiger partial charge on any atom is -0.497 e. The van der Waals surface area contributed by atoms with Gasteiger partial charge in [-0.05, 0) is 36.4 Å². The molecule has 0 N–H and O–H groups in total. The number of benzene rings is 2. The number of rotatable bonds is 5. The molecule has 3 rings (SSSR count). The molecule has 0 saturated heterocycles. The van der Waals surface area contributed by atoms with Gasteiger partial charge in [-0.15, -0.1) is 0 Å². The summed E-state index contributed by atoms with van der Waals surface area (Å²) in [7, 11) is 1.61. The molecule has 5 heteroatoms. The first-order chi connectivity index (χ1) is 11.3. The van der Waals surface area contributed by atoms with Crippen molar-refractivity contribution >= 4 is 5.97 Å². The minimum absolute atomic E-state index is 0.0629. The van der Waals surface area contributed by atoms with Crippen LogP contribution in [-0.4, -0.2) is 18.2 Å². The van der Waals surface area contributed by atoms with Gasteiger partial charge in [0, 0.05) is 11.6 Å². The molecule has 116 valence electrons. The molecule has 5 nitrogen and oxygen atoms in total. The highest BCUT2D eigenvalue weighted by Crippen LogP contribution is 2.23. The third-order valence-electron chi connectivity index (χ3n) is 3.29. The van der Waals surface area contributed by atoms with Crippen LogP contribution in [-0.2, 0) is 11.3 Å². The number of hydrogen-bond donors (Lipinski definition) is 0. The Hall–Kier alpha value is -3.08. The molecule has 3 aromatic rings. The van der Waals surface area contributed by atoms with Crippen LogP contribution in [0.3, 0.4) is 0 Å². The van der Waals surface area contributed by atoms with Crippen LogP contribution in [0.5, 0.6) is 5.75 Å². The van der Waals surface area contributed by atoms with Crippen LogP contribution in [0.4, 0.5) is 0 Å². The van der Waals surface area contributed by atoms with Gasteiger partial charge < -0.3 is 14.0 Å². The topological polar surface area (TPSA) is 61.6 Å². The van der Waals surface area contributed by atoms with Crippen molar-refractivity contribution in [3.8, 4) is 17.1 Å². The van der Waals surface area contributed by atoms with Gasteiger partial charge in [0.15, 0.2) is 5.76 Å². The van der Waals surface area contributed by atoms with E-state index < -0.39 is 0 Å². The second kappa shape index (κ2) is 6.79. The molecule has 1 heterocycles. The summed E-state index contributed by atoms with van der Waals surface area (Å²) >= 11 is 0. The van der Waals surface area contributed by atoms with Gasteiger partial charge in [0.05, 0.1) is 12.7 Å². The normalized spacial score (nSPS) is 10.3. The van der Waals surface area contributed by atoms with E-state index in [0.717, 1.165) is 11.3 Å². The lowest BCUT2D eigenvalue weighted by Crippen LogP contribution is -2.04. The van der Waals surface area contributed by atoms with Gasteiger partial charge in [-0.3, -0.25) is 0 Å². The summed E-state index contributed by atoms with van der Waals surface area (Å²) in [6.45, 7) is 0.0629. The number of methoxy groups -OCH3 is 1. The molecule has 0 aliphatic rings. The lowest BCUT2D eigenvalue weighted by Gasteiger charge is -2.01. The summed E-state index contributed by atoms with van der Waals surface area (Å²) in [5.41, 5.74) is 1.94. The number of nitrogens with zero attached hydrogens (tertiary/aromatic N) is 1. The van der Waals surface area contributed by atoms with Crippen molar-refractivity contribution in [2.24, 2.45) is 0 Å². The van der Waals surface area contributed by atoms with Crippen LogP contribution in [0.1, 0.15) is 16.1 Å². The van der Waals surface area contributed by atoms with Crippen LogP contribution in [0, 0.1) is 0 Å². The molecule has 0 bridgehead atoms. The number of esters is 1. The SMILES string of the molecule is COc1ccc(-c2cc(COC(=O)c3ccccc3)no2)cc1. The fraction of sp³-hybridized carbons (Fsp3) is 0.111. The van der Waals surface area contributed by atoms with Gasteiger partial charge >= 0.3 is 5.97 Å². The molecule has 0 aliphatic heterocycles. The Morgan fingerprint density at radius 1 is 1.09 bits per heavy atom. The molecule has 0 unspecified atom stereocenters. The number of carbonyl (C=O) groups excluding carboxylic acids is 1. The quantitative estimate of drug-likeness (QED) is 0.672. The highest BCUT2D eigenvalue weighted by Gasteiger charge is 2.10. The van der Waals surface area contributed by atoms with Crippen molar-refractivity contribution in [2.45, 2.75) is 6.61 Å².